The summed E-state index contributed by atoms with van der Waals surface area (Å²) in [7, 11) is 3.11. The van der Waals surface area contributed by atoms with E-state index in [-0.39, 0.29) is 37.8 Å². The van der Waals surface area contributed by atoms with Crippen LogP contribution in [-0.2, 0) is 33.5 Å². The molecule has 4 N–H and O–H groups in total. The third-order valence-corrected chi connectivity index (χ3v) is 8.20. The molecule has 50 heavy (non-hydrogen) atoms. The first-order chi connectivity index (χ1) is 23.2. The van der Waals surface area contributed by atoms with Crippen LogP contribution in [0.3, 0.4) is 0 Å². The van der Waals surface area contributed by atoms with Gasteiger partial charge in [-0.25, -0.2) is 4.79 Å². The molecular formula is C36H56N6O8. The van der Waals surface area contributed by atoms with Crippen molar-refractivity contribution in [2.24, 2.45) is 16.7 Å². The Morgan fingerprint density at radius 3 is 2.14 bits per heavy atom. The van der Waals surface area contributed by atoms with E-state index in [0.29, 0.717) is 12.0 Å². The third kappa shape index (κ3) is 12.1. The summed E-state index contributed by atoms with van der Waals surface area (Å²) in [6.07, 6.45) is 0.130. The van der Waals surface area contributed by atoms with Crippen LogP contribution >= 0.6 is 0 Å². The highest BCUT2D eigenvalue weighted by Crippen LogP contribution is 2.36. The topological polar surface area (TPSA) is 183 Å². The number of rotatable bonds is 15. The van der Waals surface area contributed by atoms with E-state index in [1.807, 2.05) is 27.7 Å². The lowest BCUT2D eigenvalue weighted by molar-refractivity contribution is -0.144. The summed E-state index contributed by atoms with van der Waals surface area (Å²) in [5.74, 6) is -4.07. The first-order valence-corrected chi connectivity index (χ1v) is 17.1. The number of ketones is 1. The first kappa shape index (κ1) is 41.7. The highest BCUT2D eigenvalue weighted by Gasteiger charge is 2.48. The Labute approximate surface area is 295 Å². The number of amides is 6. The molecule has 0 saturated carbocycles. The van der Waals surface area contributed by atoms with Gasteiger partial charge in [0.2, 0.25) is 29.4 Å². The predicted octanol–water partition coefficient (Wildman–Crippen LogP) is 2.33. The van der Waals surface area contributed by atoms with Gasteiger partial charge in [0.1, 0.15) is 18.1 Å². The van der Waals surface area contributed by atoms with Crippen molar-refractivity contribution in [3.63, 3.8) is 0 Å². The van der Waals surface area contributed by atoms with Gasteiger partial charge in [-0.05, 0) is 35.2 Å². The standard InChI is InChI=1S/C36H56N6O8/c1-11-15-24(28(44)31(46)37-19-26(43)39-27(32(47)41(9)10)23-16-13-12-14-17-23)38-30(45)25-18-36(7,8)21-42(25)33(48)29(35(4,5)6)40-34(49)50-20-22(2)3/h12-14,16-17,22,24-25,27,29H,11,15,18-21H2,1-10H3,(H,37,46)(H,38,45)(H,39,43)(H,40,49)/t24?,25-,27-,29+/m0/s1. The van der Waals surface area contributed by atoms with Crippen LogP contribution in [0.1, 0.15) is 86.3 Å². The van der Waals surface area contributed by atoms with Crippen molar-refractivity contribution >= 4 is 41.4 Å². The van der Waals surface area contributed by atoms with Crippen LogP contribution < -0.4 is 21.3 Å². The van der Waals surface area contributed by atoms with Crippen molar-refractivity contribution in [3.8, 4) is 0 Å². The van der Waals surface area contributed by atoms with Crippen molar-refractivity contribution < 1.29 is 38.3 Å². The van der Waals surface area contributed by atoms with Crippen molar-refractivity contribution in [3.05, 3.63) is 35.9 Å². The summed E-state index contributed by atoms with van der Waals surface area (Å²) in [4.78, 5) is 94.9. The molecule has 2 rings (SSSR count). The van der Waals surface area contributed by atoms with Gasteiger partial charge in [-0.1, -0.05) is 92.1 Å². The van der Waals surface area contributed by atoms with E-state index in [0.717, 1.165) is 0 Å². The number of Topliss-reactive ketones (excluding diaryl/α,β-unsaturated/α-hetero) is 1. The molecule has 0 aromatic heterocycles. The van der Waals surface area contributed by atoms with Crippen LogP contribution in [-0.4, -0.2) is 103 Å². The molecule has 0 bridgehead atoms. The fraction of sp³-hybridized carbons (Fsp3) is 0.639. The molecule has 0 radical (unpaired) electrons. The quantitative estimate of drug-likeness (QED) is 0.201. The average Bonchev–Trinajstić information content (AvgIpc) is 3.37. The molecule has 14 nitrogen and oxygen atoms in total. The van der Waals surface area contributed by atoms with E-state index in [1.54, 1.807) is 72.1 Å². The number of benzene rings is 1. The number of hydrogen-bond acceptors (Lipinski definition) is 8. The third-order valence-electron chi connectivity index (χ3n) is 8.20. The van der Waals surface area contributed by atoms with Gasteiger partial charge in [0, 0.05) is 20.6 Å². The monoisotopic (exact) mass is 700 g/mol. The van der Waals surface area contributed by atoms with Gasteiger partial charge in [0.05, 0.1) is 19.2 Å². The van der Waals surface area contributed by atoms with Gasteiger partial charge in [-0.2, -0.15) is 0 Å². The highest BCUT2D eigenvalue weighted by atomic mass is 16.5. The molecule has 4 atom stereocenters. The number of hydrogen-bond donors (Lipinski definition) is 4. The number of ether oxygens (including phenoxy) is 1. The van der Waals surface area contributed by atoms with Crippen LogP contribution in [0, 0.1) is 16.7 Å². The fourth-order valence-electron chi connectivity index (χ4n) is 5.59. The number of likely N-dealkylation sites (N-methyl/N-ethyl adjacent to an activating group) is 1. The van der Waals surface area contributed by atoms with Crippen LogP contribution in [0.5, 0.6) is 0 Å². The molecule has 14 heteroatoms. The van der Waals surface area contributed by atoms with E-state index < -0.39 is 77.0 Å². The molecule has 278 valence electrons. The highest BCUT2D eigenvalue weighted by molar-refractivity contribution is 6.38. The lowest BCUT2D eigenvalue weighted by atomic mass is 9.85. The maximum absolute atomic E-state index is 14.0. The zero-order valence-electron chi connectivity index (χ0n) is 31.2. The number of nitrogens with one attached hydrogen (secondary N) is 4. The smallest absolute Gasteiger partial charge is 0.407 e. The van der Waals surface area contributed by atoms with Gasteiger partial charge in [-0.3, -0.25) is 28.8 Å². The summed E-state index contributed by atoms with van der Waals surface area (Å²) < 4.78 is 5.26. The molecule has 1 aliphatic rings. The molecule has 1 unspecified atom stereocenters. The summed E-state index contributed by atoms with van der Waals surface area (Å²) in [5, 5.41) is 10.3. The maximum atomic E-state index is 14.0. The van der Waals surface area contributed by atoms with Crippen molar-refractivity contribution in [2.75, 3.05) is 33.8 Å². The normalized spacial score (nSPS) is 17.2. The van der Waals surface area contributed by atoms with Crippen molar-refractivity contribution in [1.29, 1.82) is 0 Å². The number of carbonyl (C=O) groups is 7. The Morgan fingerprint density at radius 1 is 0.980 bits per heavy atom. The summed E-state index contributed by atoms with van der Waals surface area (Å²) in [6.45, 7) is 14.6. The van der Waals surface area contributed by atoms with Crippen LogP contribution in [0.2, 0.25) is 0 Å². The lowest BCUT2D eigenvalue weighted by Crippen LogP contribution is -2.59. The number of likely N-dealkylation sites (tertiary alicyclic amines) is 1. The maximum Gasteiger partial charge on any atom is 0.407 e. The summed E-state index contributed by atoms with van der Waals surface area (Å²) in [6, 6.07) is 4.41. The largest absolute Gasteiger partial charge is 0.449 e. The SMILES string of the molecule is CCCC(NC(=O)[C@@H]1CC(C)(C)CN1C(=O)[C@@H](NC(=O)OCC(C)C)C(C)(C)C)C(=O)C(=O)NCC(=O)N[C@H](C(=O)N(C)C)c1ccccc1. The molecule has 1 saturated heterocycles. The zero-order chi connectivity index (χ0) is 38.0. The van der Waals surface area contributed by atoms with E-state index in [4.69, 9.17) is 4.74 Å². The van der Waals surface area contributed by atoms with E-state index in [1.165, 1.54) is 9.80 Å². The van der Waals surface area contributed by atoms with Gasteiger partial charge < -0.3 is 35.8 Å². The average molecular weight is 701 g/mol. The number of carbonyl (C=O) groups excluding carboxylic acids is 7. The Kier molecular flexibility index (Phi) is 15.0. The lowest BCUT2D eigenvalue weighted by Gasteiger charge is -2.35. The van der Waals surface area contributed by atoms with Crippen LogP contribution in [0.15, 0.2) is 30.3 Å². The molecule has 0 spiro atoms. The zero-order valence-corrected chi connectivity index (χ0v) is 31.2. The first-order valence-electron chi connectivity index (χ1n) is 17.1. The number of alkyl carbamates (subject to hydrolysis) is 1. The second kappa shape index (κ2) is 18.0. The fourth-order valence-corrected chi connectivity index (χ4v) is 5.59. The van der Waals surface area contributed by atoms with E-state index in [2.05, 4.69) is 21.3 Å². The minimum atomic E-state index is -1.22. The summed E-state index contributed by atoms with van der Waals surface area (Å²) >= 11 is 0. The molecule has 1 fully saturated rings. The minimum absolute atomic E-state index is 0.0979. The van der Waals surface area contributed by atoms with E-state index >= 15 is 0 Å². The van der Waals surface area contributed by atoms with Gasteiger partial charge >= 0.3 is 6.09 Å². The van der Waals surface area contributed by atoms with Crippen molar-refractivity contribution in [2.45, 2.75) is 98.8 Å². The predicted molar refractivity (Wildman–Crippen MR) is 187 cm³/mol. The minimum Gasteiger partial charge on any atom is -0.449 e. The van der Waals surface area contributed by atoms with Gasteiger partial charge in [-0.15, -0.1) is 0 Å². The molecule has 1 aliphatic heterocycles. The summed E-state index contributed by atoms with van der Waals surface area (Å²) in [5.41, 5.74) is -0.641. The van der Waals surface area contributed by atoms with Crippen molar-refractivity contribution in [1.82, 2.24) is 31.1 Å². The van der Waals surface area contributed by atoms with Gasteiger partial charge in [0.15, 0.2) is 0 Å². The van der Waals surface area contributed by atoms with Crippen LogP contribution in [0.25, 0.3) is 0 Å². The Hall–Kier alpha value is -4.49. The van der Waals surface area contributed by atoms with E-state index in [9.17, 15) is 33.6 Å². The second-order valence-electron chi connectivity index (χ2n) is 15.3. The molecule has 6 amide bonds. The Morgan fingerprint density at radius 2 is 1.60 bits per heavy atom. The molecule has 0 aliphatic carbocycles. The number of nitrogens with zero attached hydrogens (tertiary/aromatic N) is 2. The Bertz CT molecular complexity index is 1390. The molecular weight excluding hydrogens is 644 g/mol. The van der Waals surface area contributed by atoms with Gasteiger partial charge in [0.25, 0.3) is 5.91 Å². The molecule has 1 aromatic rings. The molecule has 1 heterocycles. The Balaban J connectivity index is 2.16. The van der Waals surface area contributed by atoms with Crippen LogP contribution in [0.4, 0.5) is 4.79 Å². The molecule has 1 aromatic carbocycles. The second-order valence-corrected chi connectivity index (χ2v) is 15.3.